The number of nitrogens with zero attached hydrogens (tertiary/aromatic N) is 3. The lowest BCUT2D eigenvalue weighted by molar-refractivity contribution is 0.415. The first-order valence-electron chi connectivity index (χ1n) is 9.04. The van der Waals surface area contributed by atoms with Gasteiger partial charge in [-0.3, -0.25) is 9.20 Å². The van der Waals surface area contributed by atoms with E-state index in [1.54, 1.807) is 17.6 Å². The second-order valence-corrected chi connectivity index (χ2v) is 7.46. The van der Waals surface area contributed by atoms with E-state index in [-0.39, 0.29) is 5.56 Å². The maximum atomic E-state index is 12.5. The quantitative estimate of drug-likeness (QED) is 0.492. The smallest absolute Gasteiger partial charge is 0.259 e. The molecule has 6 heteroatoms. The molecule has 2 aromatic carbocycles. The molecule has 0 amide bonds. The topological polar surface area (TPSA) is 46.8 Å². The molecular weight excluding hydrogens is 370 g/mol. The summed E-state index contributed by atoms with van der Waals surface area (Å²) in [5.41, 5.74) is 3.89. The van der Waals surface area contributed by atoms with Gasteiger partial charge < -0.3 is 9.64 Å². The highest BCUT2D eigenvalue weighted by Gasteiger charge is 2.13. The maximum Gasteiger partial charge on any atom is 0.259 e. The van der Waals surface area contributed by atoms with Crippen LogP contribution in [-0.2, 0) is 13.1 Å². The van der Waals surface area contributed by atoms with E-state index in [0.717, 1.165) is 34.3 Å². The zero-order chi connectivity index (χ0) is 19.5. The molecule has 0 atom stereocenters. The second-order valence-electron chi connectivity index (χ2n) is 6.62. The number of hydrogen-bond donors (Lipinski definition) is 0. The summed E-state index contributed by atoms with van der Waals surface area (Å²) in [6.07, 6.45) is 0. The SMILES string of the molecule is COc1ccc(N(Cc2ccccc2)Cc2cc(=O)n3c(C)csc3n2)cc1. The molecule has 0 aliphatic heterocycles. The highest BCUT2D eigenvalue weighted by atomic mass is 32.1. The summed E-state index contributed by atoms with van der Waals surface area (Å²) in [7, 11) is 1.66. The van der Waals surface area contributed by atoms with Crippen molar-refractivity contribution in [2.24, 2.45) is 0 Å². The minimum atomic E-state index is -0.0341. The van der Waals surface area contributed by atoms with E-state index >= 15 is 0 Å². The Morgan fingerprint density at radius 3 is 2.54 bits per heavy atom. The number of aryl methyl sites for hydroxylation is 1. The van der Waals surface area contributed by atoms with Crippen molar-refractivity contribution in [3.05, 3.63) is 93.3 Å². The fraction of sp³-hybridized carbons (Fsp3) is 0.182. The van der Waals surface area contributed by atoms with E-state index < -0.39 is 0 Å². The largest absolute Gasteiger partial charge is 0.497 e. The third-order valence-electron chi connectivity index (χ3n) is 4.64. The molecule has 0 bridgehead atoms. The third kappa shape index (κ3) is 3.77. The molecule has 2 heterocycles. The van der Waals surface area contributed by atoms with Gasteiger partial charge in [0.25, 0.3) is 5.56 Å². The zero-order valence-corrected chi connectivity index (χ0v) is 16.6. The minimum Gasteiger partial charge on any atom is -0.497 e. The molecule has 0 spiro atoms. The fourth-order valence-corrected chi connectivity index (χ4v) is 4.10. The van der Waals surface area contributed by atoms with Crippen LogP contribution in [0.1, 0.15) is 17.0 Å². The number of hydrogen-bond acceptors (Lipinski definition) is 5. The lowest BCUT2D eigenvalue weighted by Gasteiger charge is -2.25. The van der Waals surface area contributed by atoms with E-state index in [0.29, 0.717) is 6.54 Å². The van der Waals surface area contributed by atoms with Gasteiger partial charge in [-0.2, -0.15) is 0 Å². The standard InChI is InChI=1S/C22H21N3O2S/c1-16-15-28-22-23-18(12-21(26)25(16)22)14-24(13-17-6-4-3-5-7-17)19-8-10-20(27-2)11-9-19/h3-12,15H,13-14H2,1-2H3. The minimum absolute atomic E-state index is 0.0341. The van der Waals surface area contributed by atoms with E-state index in [4.69, 9.17) is 9.72 Å². The maximum absolute atomic E-state index is 12.5. The van der Waals surface area contributed by atoms with E-state index in [1.807, 2.05) is 54.8 Å². The Bertz CT molecular complexity index is 1130. The molecule has 0 radical (unpaired) electrons. The van der Waals surface area contributed by atoms with Crippen LogP contribution in [0.4, 0.5) is 5.69 Å². The van der Waals surface area contributed by atoms with Gasteiger partial charge in [0.1, 0.15) is 5.75 Å². The molecule has 4 aromatic rings. The molecule has 0 aliphatic carbocycles. The lowest BCUT2D eigenvalue weighted by atomic mass is 10.2. The van der Waals surface area contributed by atoms with Crippen LogP contribution in [0.2, 0.25) is 0 Å². The van der Waals surface area contributed by atoms with Crippen molar-refractivity contribution in [2.45, 2.75) is 20.0 Å². The summed E-state index contributed by atoms with van der Waals surface area (Å²) in [6, 6.07) is 19.9. The molecule has 0 saturated carbocycles. The van der Waals surface area contributed by atoms with Crippen LogP contribution in [-0.4, -0.2) is 16.5 Å². The molecular formula is C22H21N3O2S. The predicted molar refractivity (Wildman–Crippen MR) is 113 cm³/mol. The Balaban J connectivity index is 1.69. The van der Waals surface area contributed by atoms with Gasteiger partial charge in [-0.25, -0.2) is 4.98 Å². The van der Waals surface area contributed by atoms with Crippen LogP contribution < -0.4 is 15.2 Å². The average molecular weight is 391 g/mol. The van der Waals surface area contributed by atoms with E-state index in [1.165, 1.54) is 16.9 Å². The first kappa shape index (κ1) is 18.3. The Hall–Kier alpha value is -3.12. The predicted octanol–water partition coefficient (Wildman–Crippen LogP) is 4.28. The summed E-state index contributed by atoms with van der Waals surface area (Å²) in [4.78, 5) is 20.2. The first-order valence-corrected chi connectivity index (χ1v) is 9.92. The monoisotopic (exact) mass is 391 g/mol. The van der Waals surface area contributed by atoms with E-state index in [2.05, 4.69) is 17.0 Å². The summed E-state index contributed by atoms with van der Waals surface area (Å²) in [6.45, 7) is 3.19. The fourth-order valence-electron chi connectivity index (χ4n) is 3.21. The number of benzene rings is 2. The summed E-state index contributed by atoms with van der Waals surface area (Å²) in [5, 5.41) is 1.96. The molecule has 4 rings (SSSR count). The molecule has 0 unspecified atom stereocenters. The van der Waals surface area contributed by atoms with Crippen molar-refractivity contribution in [1.29, 1.82) is 0 Å². The van der Waals surface area contributed by atoms with Gasteiger partial charge >= 0.3 is 0 Å². The Kier molecular flexibility index (Phi) is 5.12. The van der Waals surface area contributed by atoms with Crippen molar-refractivity contribution in [3.8, 4) is 5.75 Å². The van der Waals surface area contributed by atoms with Crippen LogP contribution in [0.3, 0.4) is 0 Å². The molecule has 5 nitrogen and oxygen atoms in total. The van der Waals surface area contributed by atoms with Gasteiger partial charge in [-0.1, -0.05) is 30.3 Å². The Labute approximate surface area is 167 Å². The van der Waals surface area contributed by atoms with Gasteiger partial charge in [-0.15, -0.1) is 11.3 Å². The number of anilines is 1. The normalized spacial score (nSPS) is 10.9. The van der Waals surface area contributed by atoms with Gasteiger partial charge in [-0.05, 0) is 36.8 Å². The van der Waals surface area contributed by atoms with Crippen molar-refractivity contribution in [3.63, 3.8) is 0 Å². The number of thiazole rings is 1. The van der Waals surface area contributed by atoms with Gasteiger partial charge in [0.05, 0.1) is 19.3 Å². The van der Waals surface area contributed by atoms with Gasteiger partial charge in [0, 0.05) is 29.4 Å². The van der Waals surface area contributed by atoms with Crippen LogP contribution in [0.25, 0.3) is 4.96 Å². The number of ether oxygens (including phenoxy) is 1. The van der Waals surface area contributed by atoms with Crippen molar-refractivity contribution in [1.82, 2.24) is 9.38 Å². The summed E-state index contributed by atoms with van der Waals surface area (Å²) < 4.78 is 6.93. The van der Waals surface area contributed by atoms with Crippen LogP contribution >= 0.6 is 11.3 Å². The van der Waals surface area contributed by atoms with Crippen molar-refractivity contribution < 1.29 is 4.74 Å². The highest BCUT2D eigenvalue weighted by Crippen LogP contribution is 2.23. The third-order valence-corrected chi connectivity index (χ3v) is 5.58. The van der Waals surface area contributed by atoms with Crippen molar-refractivity contribution in [2.75, 3.05) is 12.0 Å². The average Bonchev–Trinajstić information content (AvgIpc) is 3.09. The summed E-state index contributed by atoms with van der Waals surface area (Å²) in [5.74, 6) is 0.815. The van der Waals surface area contributed by atoms with Crippen LogP contribution in [0.15, 0.2) is 70.8 Å². The number of rotatable bonds is 6. The van der Waals surface area contributed by atoms with E-state index in [9.17, 15) is 4.79 Å². The van der Waals surface area contributed by atoms with Gasteiger partial charge in [0.15, 0.2) is 4.96 Å². The van der Waals surface area contributed by atoms with Crippen LogP contribution in [0, 0.1) is 6.92 Å². The van der Waals surface area contributed by atoms with Gasteiger partial charge in [0.2, 0.25) is 0 Å². The first-order chi connectivity index (χ1) is 13.6. The van der Waals surface area contributed by atoms with Crippen molar-refractivity contribution >= 4 is 22.0 Å². The molecule has 0 N–H and O–H groups in total. The Morgan fingerprint density at radius 1 is 1.07 bits per heavy atom. The number of fused-ring (bicyclic) bond motifs is 1. The number of methoxy groups -OCH3 is 1. The van der Waals surface area contributed by atoms with Crippen LogP contribution in [0.5, 0.6) is 5.75 Å². The molecule has 2 aromatic heterocycles. The molecule has 0 fully saturated rings. The zero-order valence-electron chi connectivity index (χ0n) is 15.8. The molecule has 0 aliphatic rings. The highest BCUT2D eigenvalue weighted by molar-refractivity contribution is 7.15. The molecule has 28 heavy (non-hydrogen) atoms. The summed E-state index contributed by atoms with van der Waals surface area (Å²) >= 11 is 1.49. The molecule has 0 saturated heterocycles. The second kappa shape index (κ2) is 7.86. The number of aromatic nitrogens is 2. The Morgan fingerprint density at radius 2 is 1.82 bits per heavy atom. The lowest BCUT2D eigenvalue weighted by Crippen LogP contribution is -2.24. The molecule has 142 valence electrons.